The highest BCUT2D eigenvalue weighted by Crippen LogP contribution is 2.33. The second kappa shape index (κ2) is 5.63. The summed E-state index contributed by atoms with van der Waals surface area (Å²) in [5.74, 6) is 0.374. The Morgan fingerprint density at radius 2 is 2.00 bits per heavy atom. The van der Waals surface area contributed by atoms with Gasteiger partial charge in [0.15, 0.2) is 0 Å². The monoisotopic (exact) mass is 286 g/mol. The lowest BCUT2D eigenvalue weighted by Crippen LogP contribution is -2.31. The molecule has 4 heteroatoms. The second-order valence-electron chi connectivity index (χ2n) is 5.04. The summed E-state index contributed by atoms with van der Waals surface area (Å²) < 4.78 is 0. The maximum absolute atomic E-state index is 12.5. The molecule has 1 fully saturated rings. The van der Waals surface area contributed by atoms with Crippen LogP contribution < -0.4 is 4.90 Å². The first-order valence-electron chi connectivity index (χ1n) is 6.70. The number of hydrogen-bond acceptors (Lipinski definition) is 2. The third-order valence-corrected chi connectivity index (χ3v) is 3.65. The van der Waals surface area contributed by atoms with Gasteiger partial charge < -0.3 is 4.90 Å². The maximum Gasteiger partial charge on any atom is 0.230 e. The van der Waals surface area contributed by atoms with Gasteiger partial charge in [-0.15, -0.1) is 0 Å². The van der Waals surface area contributed by atoms with Crippen molar-refractivity contribution in [2.45, 2.75) is 19.4 Å². The van der Waals surface area contributed by atoms with Crippen LogP contribution in [0.5, 0.6) is 0 Å². The number of hydrogen-bond donors (Lipinski definition) is 0. The van der Waals surface area contributed by atoms with Gasteiger partial charge in [0.25, 0.3) is 0 Å². The van der Waals surface area contributed by atoms with Crippen LogP contribution in [0.25, 0.3) is 0 Å². The molecule has 0 radical (unpaired) electrons. The number of benzene rings is 1. The molecular formula is C16H15ClN2O. The van der Waals surface area contributed by atoms with E-state index in [-0.39, 0.29) is 11.8 Å². The van der Waals surface area contributed by atoms with Gasteiger partial charge in [0.1, 0.15) is 0 Å². The van der Waals surface area contributed by atoms with Crippen molar-refractivity contribution in [1.29, 1.82) is 0 Å². The molecule has 3 nitrogen and oxygen atoms in total. The van der Waals surface area contributed by atoms with Gasteiger partial charge in [0, 0.05) is 29.0 Å². The lowest BCUT2D eigenvalue weighted by Gasteiger charge is -2.23. The molecule has 102 valence electrons. The minimum absolute atomic E-state index is 0.183. The van der Waals surface area contributed by atoms with Gasteiger partial charge in [0.2, 0.25) is 5.91 Å². The average Bonchev–Trinajstić information content (AvgIpc) is 3.31. The van der Waals surface area contributed by atoms with Crippen LogP contribution in [0.1, 0.15) is 18.4 Å². The Kier molecular flexibility index (Phi) is 3.70. The first-order valence-corrected chi connectivity index (χ1v) is 7.08. The number of nitrogens with zero attached hydrogens (tertiary/aromatic N) is 2. The molecule has 0 bridgehead atoms. The van der Waals surface area contributed by atoms with Gasteiger partial charge in [-0.25, -0.2) is 0 Å². The quantitative estimate of drug-likeness (QED) is 0.859. The van der Waals surface area contributed by atoms with Crippen LogP contribution in [-0.4, -0.2) is 10.9 Å². The maximum atomic E-state index is 12.5. The summed E-state index contributed by atoms with van der Waals surface area (Å²) in [6, 6.07) is 11.3. The fraction of sp³-hybridized carbons (Fsp3) is 0.250. The molecule has 1 saturated carbocycles. The minimum Gasteiger partial charge on any atom is -0.308 e. The molecule has 1 heterocycles. The molecule has 0 saturated heterocycles. The van der Waals surface area contributed by atoms with E-state index in [4.69, 9.17) is 11.6 Å². The summed E-state index contributed by atoms with van der Waals surface area (Å²) >= 11 is 5.92. The van der Waals surface area contributed by atoms with Crippen LogP contribution in [0.4, 0.5) is 5.69 Å². The zero-order valence-electron chi connectivity index (χ0n) is 11.0. The van der Waals surface area contributed by atoms with Crippen molar-refractivity contribution in [1.82, 2.24) is 4.98 Å². The summed E-state index contributed by atoms with van der Waals surface area (Å²) in [5, 5.41) is 0.675. The molecule has 1 aliphatic rings. The number of amides is 1. The molecule has 1 amide bonds. The smallest absolute Gasteiger partial charge is 0.230 e. The minimum atomic E-state index is 0.183. The average molecular weight is 287 g/mol. The first-order chi connectivity index (χ1) is 9.74. The predicted molar refractivity (Wildman–Crippen MR) is 79.6 cm³/mol. The summed E-state index contributed by atoms with van der Waals surface area (Å²) in [6.07, 6.45) is 5.52. The van der Waals surface area contributed by atoms with Gasteiger partial charge in [0.05, 0.1) is 6.54 Å². The predicted octanol–water partition coefficient (Wildman–Crippen LogP) is 3.68. The lowest BCUT2D eigenvalue weighted by molar-refractivity contribution is -0.119. The Morgan fingerprint density at radius 1 is 1.25 bits per heavy atom. The summed E-state index contributed by atoms with van der Waals surface area (Å²) in [6.45, 7) is 0.546. The van der Waals surface area contributed by atoms with E-state index in [0.717, 1.165) is 24.1 Å². The molecule has 20 heavy (non-hydrogen) atoms. The molecule has 0 unspecified atom stereocenters. The zero-order chi connectivity index (χ0) is 13.9. The normalized spacial score (nSPS) is 14.1. The number of halogens is 1. The van der Waals surface area contributed by atoms with Crippen molar-refractivity contribution >= 4 is 23.2 Å². The number of rotatable bonds is 4. The molecule has 1 aromatic heterocycles. The van der Waals surface area contributed by atoms with Crippen molar-refractivity contribution in [3.63, 3.8) is 0 Å². The molecule has 1 aromatic carbocycles. The Hall–Kier alpha value is -1.87. The highest BCUT2D eigenvalue weighted by Gasteiger charge is 2.34. The zero-order valence-corrected chi connectivity index (χ0v) is 11.8. The van der Waals surface area contributed by atoms with E-state index in [1.165, 1.54) is 0 Å². The summed E-state index contributed by atoms with van der Waals surface area (Å²) in [5.41, 5.74) is 1.91. The van der Waals surface area contributed by atoms with Crippen LogP contribution in [-0.2, 0) is 11.3 Å². The van der Waals surface area contributed by atoms with Crippen LogP contribution in [0.2, 0.25) is 5.02 Å². The van der Waals surface area contributed by atoms with Crippen molar-refractivity contribution in [3.05, 3.63) is 59.4 Å². The summed E-state index contributed by atoms with van der Waals surface area (Å²) in [7, 11) is 0. The van der Waals surface area contributed by atoms with Gasteiger partial charge >= 0.3 is 0 Å². The van der Waals surface area contributed by atoms with Gasteiger partial charge in [-0.05, 0) is 48.7 Å². The number of aromatic nitrogens is 1. The second-order valence-corrected chi connectivity index (χ2v) is 5.47. The van der Waals surface area contributed by atoms with E-state index in [1.807, 2.05) is 41.3 Å². The Morgan fingerprint density at radius 3 is 2.60 bits per heavy atom. The van der Waals surface area contributed by atoms with Gasteiger partial charge in [-0.2, -0.15) is 0 Å². The molecule has 0 atom stereocenters. The molecule has 2 aromatic rings. The molecule has 0 N–H and O–H groups in total. The Labute approximate surface area is 123 Å². The van der Waals surface area contributed by atoms with E-state index in [9.17, 15) is 4.79 Å². The Balaban J connectivity index is 1.87. The number of pyridine rings is 1. The fourth-order valence-corrected chi connectivity index (χ4v) is 2.27. The number of carbonyl (C=O) groups excluding carboxylic acids is 1. The third kappa shape index (κ3) is 2.99. The molecule has 1 aliphatic carbocycles. The van der Waals surface area contributed by atoms with Crippen molar-refractivity contribution in [2.24, 2.45) is 5.92 Å². The standard InChI is InChI=1S/C16H15ClN2O/c17-14-5-7-15(8-6-14)19(16(20)13-3-4-13)11-12-2-1-9-18-10-12/h1-2,5-10,13H,3-4,11H2. The molecule has 0 spiro atoms. The van der Waals surface area contributed by atoms with Crippen LogP contribution in [0, 0.1) is 5.92 Å². The van der Waals surface area contributed by atoms with Crippen LogP contribution in [0.3, 0.4) is 0 Å². The largest absolute Gasteiger partial charge is 0.308 e. The van der Waals surface area contributed by atoms with E-state index in [2.05, 4.69) is 4.98 Å². The Bertz CT molecular complexity index is 594. The lowest BCUT2D eigenvalue weighted by atomic mass is 10.2. The number of anilines is 1. The molecule has 3 rings (SSSR count). The van der Waals surface area contributed by atoms with Crippen molar-refractivity contribution in [2.75, 3.05) is 4.90 Å². The van der Waals surface area contributed by atoms with Crippen LogP contribution >= 0.6 is 11.6 Å². The fourth-order valence-electron chi connectivity index (χ4n) is 2.14. The van der Waals surface area contributed by atoms with Gasteiger partial charge in [-0.1, -0.05) is 17.7 Å². The molecule has 0 aliphatic heterocycles. The third-order valence-electron chi connectivity index (χ3n) is 3.39. The van der Waals surface area contributed by atoms with E-state index >= 15 is 0 Å². The highest BCUT2D eigenvalue weighted by molar-refractivity contribution is 6.30. The SMILES string of the molecule is O=C(C1CC1)N(Cc1cccnc1)c1ccc(Cl)cc1. The van der Waals surface area contributed by atoms with Crippen LogP contribution in [0.15, 0.2) is 48.8 Å². The highest BCUT2D eigenvalue weighted by atomic mass is 35.5. The topological polar surface area (TPSA) is 33.2 Å². The van der Waals surface area contributed by atoms with E-state index in [0.29, 0.717) is 11.6 Å². The van der Waals surface area contributed by atoms with Crippen molar-refractivity contribution in [3.8, 4) is 0 Å². The van der Waals surface area contributed by atoms with E-state index in [1.54, 1.807) is 12.4 Å². The summed E-state index contributed by atoms with van der Waals surface area (Å²) in [4.78, 5) is 18.4. The number of carbonyl (C=O) groups is 1. The molecular weight excluding hydrogens is 272 g/mol. The van der Waals surface area contributed by atoms with Gasteiger partial charge in [-0.3, -0.25) is 9.78 Å². The van der Waals surface area contributed by atoms with E-state index < -0.39 is 0 Å². The first kappa shape index (κ1) is 13.1. The van der Waals surface area contributed by atoms with Crippen molar-refractivity contribution < 1.29 is 4.79 Å².